The number of benzene rings is 2. The van der Waals surface area contributed by atoms with Gasteiger partial charge in [0.2, 0.25) is 0 Å². The van der Waals surface area contributed by atoms with Crippen LogP contribution < -0.4 is 20.7 Å². The van der Waals surface area contributed by atoms with Gasteiger partial charge in [-0.2, -0.15) is 0 Å². The van der Waals surface area contributed by atoms with Crippen molar-refractivity contribution in [2.75, 3.05) is 9.80 Å². The van der Waals surface area contributed by atoms with Gasteiger partial charge in [0.1, 0.15) is 0 Å². The number of anilines is 2. The molecule has 0 unspecified atom stereocenters. The maximum absolute atomic E-state index is 4.56. The first-order valence-electron chi connectivity index (χ1n) is 10.3. The first-order chi connectivity index (χ1) is 14.5. The Bertz CT molecular complexity index is 1150. The predicted molar refractivity (Wildman–Crippen MR) is 133 cm³/mol. The molecule has 0 N–H and O–H groups in total. The van der Waals surface area contributed by atoms with Gasteiger partial charge in [-0.25, -0.2) is 0 Å². The minimum Gasteiger partial charge on any atom is -0.316 e. The summed E-state index contributed by atoms with van der Waals surface area (Å²) in [6.45, 7) is 19.2. The summed E-state index contributed by atoms with van der Waals surface area (Å²) in [7, 11) is 0. The molecule has 0 fully saturated rings. The van der Waals surface area contributed by atoms with Gasteiger partial charge in [-0.15, -0.1) is 0 Å². The summed E-state index contributed by atoms with van der Waals surface area (Å²) in [4.78, 5) is 4.50. The highest BCUT2D eigenvalue weighted by molar-refractivity contribution is 6.94. The smallest absolute Gasteiger partial charge is 0.251 e. The van der Waals surface area contributed by atoms with E-state index in [1.807, 2.05) is 25.2 Å². The van der Waals surface area contributed by atoms with Crippen molar-refractivity contribution < 1.29 is 0 Å². The lowest BCUT2D eigenvalue weighted by Gasteiger charge is -2.45. The van der Waals surface area contributed by atoms with Gasteiger partial charge in [0.05, 0.1) is 0 Å². The van der Waals surface area contributed by atoms with Crippen LogP contribution in [0, 0.1) is 0 Å². The third-order valence-corrected chi connectivity index (χ3v) is 5.93. The van der Waals surface area contributed by atoms with Crippen molar-refractivity contribution in [1.82, 2.24) is 0 Å². The molecule has 0 radical (unpaired) electrons. The minimum absolute atomic E-state index is 0.146. The molecule has 0 atom stereocenters. The van der Waals surface area contributed by atoms with Gasteiger partial charge in [0.25, 0.3) is 6.71 Å². The van der Waals surface area contributed by atoms with Crippen molar-refractivity contribution in [2.24, 2.45) is 0 Å². The number of para-hydroxylation sites is 2. The van der Waals surface area contributed by atoms with Gasteiger partial charge < -0.3 is 9.80 Å². The second kappa shape index (κ2) is 7.76. The largest absolute Gasteiger partial charge is 0.316 e. The lowest BCUT2D eigenvalue weighted by atomic mass is 9.32. The topological polar surface area (TPSA) is 6.48 Å². The van der Waals surface area contributed by atoms with Crippen molar-refractivity contribution in [2.45, 2.75) is 20.8 Å². The molecule has 2 aromatic carbocycles. The lowest BCUT2D eigenvalue weighted by Crippen LogP contribution is -2.56. The van der Waals surface area contributed by atoms with E-state index in [-0.39, 0.29) is 6.71 Å². The van der Waals surface area contributed by atoms with Crippen molar-refractivity contribution in [1.29, 1.82) is 0 Å². The van der Waals surface area contributed by atoms with Crippen molar-refractivity contribution >= 4 is 29.0 Å². The highest BCUT2D eigenvalue weighted by atomic mass is 15.2. The molecule has 4 rings (SSSR count). The molecule has 0 saturated heterocycles. The number of rotatable bonds is 4. The molecule has 148 valence electrons. The van der Waals surface area contributed by atoms with Gasteiger partial charge in [-0.3, -0.25) is 0 Å². The number of allylic oxidation sites excluding steroid dienone is 7. The van der Waals surface area contributed by atoms with Crippen LogP contribution in [0.1, 0.15) is 20.8 Å². The van der Waals surface area contributed by atoms with Crippen LogP contribution in [0.5, 0.6) is 0 Å². The van der Waals surface area contributed by atoms with E-state index in [1.54, 1.807) is 0 Å². The lowest BCUT2D eigenvalue weighted by molar-refractivity contribution is 1.04. The highest BCUT2D eigenvalue weighted by Gasteiger charge is 2.42. The fraction of sp³-hybridized carbons (Fsp3) is 0.111. The molecule has 30 heavy (non-hydrogen) atoms. The van der Waals surface area contributed by atoms with E-state index < -0.39 is 0 Å². The Kier molecular flexibility index (Phi) is 5.13. The molecule has 2 heterocycles. The zero-order valence-electron chi connectivity index (χ0n) is 18.0. The van der Waals surface area contributed by atoms with Crippen LogP contribution in [0.2, 0.25) is 0 Å². The Morgan fingerprint density at radius 1 is 0.967 bits per heavy atom. The molecule has 0 spiro atoms. The molecule has 2 aliphatic rings. The highest BCUT2D eigenvalue weighted by Crippen LogP contribution is 2.40. The molecule has 0 saturated carbocycles. The molecule has 2 nitrogen and oxygen atoms in total. The molecular weight excluding hydrogens is 363 g/mol. The number of hydrogen-bond donors (Lipinski definition) is 0. The van der Waals surface area contributed by atoms with E-state index in [9.17, 15) is 0 Å². The summed E-state index contributed by atoms with van der Waals surface area (Å²) in [6, 6.07) is 17.3. The summed E-state index contributed by atoms with van der Waals surface area (Å²) in [5.74, 6) is 0. The van der Waals surface area contributed by atoms with E-state index in [2.05, 4.69) is 98.0 Å². The third-order valence-electron chi connectivity index (χ3n) is 5.93. The Morgan fingerprint density at radius 2 is 1.53 bits per heavy atom. The molecule has 2 aromatic rings. The molecule has 0 amide bonds. The van der Waals surface area contributed by atoms with Crippen LogP contribution in [0.25, 0.3) is 0 Å². The molecular formula is C27H27BN2. The zero-order chi connectivity index (χ0) is 21.4. The molecule has 0 bridgehead atoms. The average Bonchev–Trinajstić information content (AvgIpc) is 2.73. The quantitative estimate of drug-likeness (QED) is 0.507. The van der Waals surface area contributed by atoms with Crippen LogP contribution in [0.3, 0.4) is 0 Å². The maximum atomic E-state index is 4.56. The summed E-state index contributed by atoms with van der Waals surface area (Å²) in [5, 5.41) is 0. The van der Waals surface area contributed by atoms with Crippen LogP contribution in [0.15, 0.2) is 121 Å². The molecule has 0 aromatic heterocycles. The van der Waals surface area contributed by atoms with Crippen molar-refractivity contribution in [3.63, 3.8) is 0 Å². The Balaban J connectivity index is 2.05. The number of nitrogens with zero attached hydrogens (tertiary/aromatic N) is 2. The predicted octanol–water partition coefficient (Wildman–Crippen LogP) is 5.44. The van der Waals surface area contributed by atoms with Gasteiger partial charge >= 0.3 is 0 Å². The Labute approximate surface area is 180 Å². The van der Waals surface area contributed by atoms with Crippen molar-refractivity contribution in [3.05, 3.63) is 121 Å². The van der Waals surface area contributed by atoms with Crippen LogP contribution >= 0.6 is 0 Å². The zero-order valence-corrected chi connectivity index (χ0v) is 18.0. The first kappa shape index (κ1) is 19.8. The molecule has 3 heteroatoms. The number of fused-ring (bicyclic) bond motifs is 5. The standard InChI is InChI=1S/C27H27BN2/c1-7-13-19(3)29-21(5)27-22(6)30(20(4)14-8-2)26-18-12-10-16-24(26)28(27)23-15-9-11-17-25(23)29/h7-18H,1,4-5H2,2-3,6H3/b14-8-,19-13+. The third kappa shape index (κ3) is 2.90. The second-order valence-corrected chi connectivity index (χ2v) is 7.70. The van der Waals surface area contributed by atoms with Crippen LogP contribution in [0.4, 0.5) is 11.4 Å². The maximum Gasteiger partial charge on any atom is 0.251 e. The normalized spacial score (nSPS) is 15.9. The fourth-order valence-corrected chi connectivity index (χ4v) is 4.79. The Morgan fingerprint density at radius 3 is 2.10 bits per heavy atom. The van der Waals surface area contributed by atoms with Crippen molar-refractivity contribution in [3.8, 4) is 0 Å². The van der Waals surface area contributed by atoms with Gasteiger partial charge in [0.15, 0.2) is 0 Å². The van der Waals surface area contributed by atoms with E-state index in [1.165, 1.54) is 27.8 Å². The van der Waals surface area contributed by atoms with Gasteiger partial charge in [-0.1, -0.05) is 68.3 Å². The molecule has 2 aliphatic heterocycles. The monoisotopic (exact) mass is 390 g/mol. The van der Waals surface area contributed by atoms with E-state index in [4.69, 9.17) is 0 Å². The summed E-state index contributed by atoms with van der Waals surface area (Å²) < 4.78 is 0. The SMILES string of the molecule is C=C/C=C(\C)N1C(=C)C2=C(C)N(C(=C)/C=C\C)c3ccccc3B2c2ccccc21. The van der Waals surface area contributed by atoms with Gasteiger partial charge in [-0.05, 0) is 61.5 Å². The van der Waals surface area contributed by atoms with E-state index in [0.717, 1.165) is 22.8 Å². The van der Waals surface area contributed by atoms with Crippen LogP contribution in [-0.4, -0.2) is 6.71 Å². The Hall–Kier alpha value is -3.46. The summed E-state index contributed by atoms with van der Waals surface area (Å²) >= 11 is 0. The summed E-state index contributed by atoms with van der Waals surface area (Å²) in [6.07, 6.45) is 7.95. The van der Waals surface area contributed by atoms with Crippen LogP contribution in [-0.2, 0) is 0 Å². The number of hydrogen-bond acceptors (Lipinski definition) is 2. The van der Waals surface area contributed by atoms with Gasteiger partial charge in [0, 0.05) is 34.2 Å². The average molecular weight is 390 g/mol. The summed E-state index contributed by atoms with van der Waals surface area (Å²) in [5.41, 5.74) is 10.4. The second-order valence-electron chi connectivity index (χ2n) is 7.70. The fourth-order valence-electron chi connectivity index (χ4n) is 4.79. The first-order valence-corrected chi connectivity index (χ1v) is 10.3. The molecule has 0 aliphatic carbocycles. The minimum atomic E-state index is 0.146. The van der Waals surface area contributed by atoms with E-state index >= 15 is 0 Å². The van der Waals surface area contributed by atoms with E-state index in [0.29, 0.717) is 0 Å².